The van der Waals surface area contributed by atoms with Gasteiger partial charge in [0.15, 0.2) is 5.11 Å². The van der Waals surface area contributed by atoms with Crippen molar-refractivity contribution in [3.05, 3.63) is 0 Å². The van der Waals surface area contributed by atoms with Crippen molar-refractivity contribution in [1.29, 1.82) is 0 Å². The quantitative estimate of drug-likeness (QED) is 0.627. The van der Waals surface area contributed by atoms with Crippen molar-refractivity contribution < 1.29 is 4.79 Å². The number of thiocarbonyl (C=S) groups is 1. The lowest BCUT2D eigenvalue weighted by Gasteiger charge is -2.31. The van der Waals surface area contributed by atoms with E-state index in [1.807, 2.05) is 7.05 Å². The van der Waals surface area contributed by atoms with Gasteiger partial charge in [0.2, 0.25) is 5.91 Å². The highest BCUT2D eigenvalue weighted by Gasteiger charge is 2.24. The third-order valence-corrected chi connectivity index (χ3v) is 3.60. The Balaban J connectivity index is 4.13. The summed E-state index contributed by atoms with van der Waals surface area (Å²) in [6.07, 6.45) is 2.15. The SMILES string of the molecule is CNC(=S)NCC(C)(C)CCC(C)(C)CNC(C)=O. The summed E-state index contributed by atoms with van der Waals surface area (Å²) in [7, 11) is 1.82. The fourth-order valence-corrected chi connectivity index (χ4v) is 1.70. The molecule has 0 rings (SSSR count). The second-order valence-electron chi connectivity index (χ2n) is 6.67. The highest BCUT2D eigenvalue weighted by atomic mass is 32.1. The normalized spacial score (nSPS) is 11.9. The monoisotopic (exact) mass is 287 g/mol. The second-order valence-corrected chi connectivity index (χ2v) is 7.08. The molecule has 0 radical (unpaired) electrons. The molecule has 0 aromatic carbocycles. The first-order valence-corrected chi connectivity index (χ1v) is 7.19. The Labute approximate surface area is 123 Å². The van der Waals surface area contributed by atoms with E-state index in [1.165, 1.54) is 0 Å². The minimum atomic E-state index is 0.0355. The van der Waals surface area contributed by atoms with Crippen LogP contribution < -0.4 is 16.0 Å². The molecule has 0 aromatic rings. The predicted octanol–water partition coefficient (Wildman–Crippen LogP) is 2.05. The molecule has 4 nitrogen and oxygen atoms in total. The van der Waals surface area contributed by atoms with E-state index in [4.69, 9.17) is 12.2 Å². The molecule has 0 bridgehead atoms. The first kappa shape index (κ1) is 18.2. The van der Waals surface area contributed by atoms with Gasteiger partial charge in [-0.1, -0.05) is 27.7 Å². The van der Waals surface area contributed by atoms with Crippen LogP contribution in [-0.4, -0.2) is 31.2 Å². The van der Waals surface area contributed by atoms with Gasteiger partial charge >= 0.3 is 0 Å². The molecule has 0 aliphatic rings. The van der Waals surface area contributed by atoms with Gasteiger partial charge < -0.3 is 16.0 Å². The lowest BCUT2D eigenvalue weighted by molar-refractivity contribution is -0.119. The average molecular weight is 287 g/mol. The standard InChI is InChI=1S/C14H29N3OS/c1-11(18)16-9-13(2,3)7-8-14(4,5)10-17-12(19)15-6/h7-10H2,1-6H3,(H,16,18)(H2,15,17,19). The van der Waals surface area contributed by atoms with Crippen molar-refractivity contribution >= 4 is 23.2 Å². The van der Waals surface area contributed by atoms with Gasteiger partial charge in [-0.3, -0.25) is 4.79 Å². The van der Waals surface area contributed by atoms with E-state index in [-0.39, 0.29) is 16.7 Å². The van der Waals surface area contributed by atoms with Crippen LogP contribution >= 0.6 is 12.2 Å². The number of nitrogens with one attached hydrogen (secondary N) is 3. The second kappa shape index (κ2) is 7.68. The van der Waals surface area contributed by atoms with Crippen molar-refractivity contribution in [2.75, 3.05) is 20.1 Å². The molecule has 0 aliphatic heterocycles. The minimum absolute atomic E-state index is 0.0355. The topological polar surface area (TPSA) is 53.2 Å². The molecule has 0 aliphatic carbocycles. The first-order valence-electron chi connectivity index (χ1n) is 6.78. The van der Waals surface area contributed by atoms with Crippen LogP contribution in [0.15, 0.2) is 0 Å². The molecule has 0 spiro atoms. The lowest BCUT2D eigenvalue weighted by Crippen LogP contribution is -2.40. The van der Waals surface area contributed by atoms with E-state index < -0.39 is 0 Å². The Hall–Kier alpha value is -0.840. The molecule has 0 atom stereocenters. The molecule has 5 heteroatoms. The molecule has 1 amide bonds. The Morgan fingerprint density at radius 2 is 1.42 bits per heavy atom. The van der Waals surface area contributed by atoms with E-state index in [0.717, 1.165) is 25.9 Å². The molecule has 0 saturated heterocycles. The average Bonchev–Trinajstić information content (AvgIpc) is 2.32. The highest BCUT2D eigenvalue weighted by Crippen LogP contribution is 2.30. The summed E-state index contributed by atoms with van der Waals surface area (Å²) in [4.78, 5) is 11.0. The van der Waals surface area contributed by atoms with Crippen LogP contribution in [0.2, 0.25) is 0 Å². The van der Waals surface area contributed by atoms with Crippen LogP contribution in [0.25, 0.3) is 0 Å². The molecule has 3 N–H and O–H groups in total. The Morgan fingerprint density at radius 3 is 1.79 bits per heavy atom. The van der Waals surface area contributed by atoms with E-state index in [0.29, 0.717) is 5.11 Å². The number of rotatable bonds is 7. The van der Waals surface area contributed by atoms with Gasteiger partial charge in [0.05, 0.1) is 0 Å². The Kier molecular flexibility index (Phi) is 7.34. The predicted molar refractivity (Wildman–Crippen MR) is 85.1 cm³/mol. The Morgan fingerprint density at radius 1 is 1.00 bits per heavy atom. The van der Waals surface area contributed by atoms with Gasteiger partial charge in [0.1, 0.15) is 0 Å². The van der Waals surface area contributed by atoms with Crippen molar-refractivity contribution in [2.24, 2.45) is 10.8 Å². The summed E-state index contributed by atoms with van der Waals surface area (Å²) in [5.41, 5.74) is 0.293. The van der Waals surface area contributed by atoms with E-state index in [1.54, 1.807) is 6.92 Å². The fourth-order valence-electron chi connectivity index (χ4n) is 1.63. The summed E-state index contributed by atoms with van der Waals surface area (Å²) in [5, 5.41) is 9.71. The van der Waals surface area contributed by atoms with Gasteiger partial charge in [0, 0.05) is 27.1 Å². The number of carbonyl (C=O) groups is 1. The van der Waals surface area contributed by atoms with Gasteiger partial charge in [-0.05, 0) is 35.9 Å². The van der Waals surface area contributed by atoms with Crippen LogP contribution in [0.4, 0.5) is 0 Å². The molecule has 0 unspecified atom stereocenters. The summed E-state index contributed by atoms with van der Waals surface area (Å²) in [6, 6.07) is 0. The van der Waals surface area contributed by atoms with Gasteiger partial charge in [-0.15, -0.1) is 0 Å². The minimum Gasteiger partial charge on any atom is -0.366 e. The maximum Gasteiger partial charge on any atom is 0.216 e. The molecule has 0 heterocycles. The van der Waals surface area contributed by atoms with Crippen LogP contribution in [0.5, 0.6) is 0 Å². The molecule has 0 saturated carbocycles. The number of hydrogen-bond acceptors (Lipinski definition) is 2. The molecule has 0 aromatic heterocycles. The zero-order chi connectivity index (χ0) is 15.1. The fraction of sp³-hybridized carbons (Fsp3) is 0.857. The Bertz CT molecular complexity index is 314. The zero-order valence-corrected chi connectivity index (χ0v) is 14.0. The number of carbonyl (C=O) groups excluding carboxylic acids is 1. The van der Waals surface area contributed by atoms with Gasteiger partial charge in [-0.2, -0.15) is 0 Å². The zero-order valence-electron chi connectivity index (χ0n) is 13.1. The van der Waals surface area contributed by atoms with Crippen molar-refractivity contribution in [1.82, 2.24) is 16.0 Å². The van der Waals surface area contributed by atoms with Crippen LogP contribution in [0.3, 0.4) is 0 Å². The van der Waals surface area contributed by atoms with Crippen LogP contribution in [0, 0.1) is 10.8 Å². The van der Waals surface area contributed by atoms with Gasteiger partial charge in [0.25, 0.3) is 0 Å². The van der Waals surface area contributed by atoms with E-state index >= 15 is 0 Å². The van der Waals surface area contributed by atoms with Crippen molar-refractivity contribution in [3.63, 3.8) is 0 Å². The van der Waals surface area contributed by atoms with Crippen LogP contribution in [-0.2, 0) is 4.79 Å². The smallest absolute Gasteiger partial charge is 0.216 e. The lowest BCUT2D eigenvalue weighted by atomic mass is 9.79. The van der Waals surface area contributed by atoms with Gasteiger partial charge in [-0.25, -0.2) is 0 Å². The summed E-state index contributed by atoms with van der Waals surface area (Å²) in [6.45, 7) is 12.0. The first-order chi connectivity index (χ1) is 8.58. The third kappa shape index (κ3) is 9.70. The molecule has 19 heavy (non-hydrogen) atoms. The number of amides is 1. The summed E-state index contributed by atoms with van der Waals surface area (Å²) >= 11 is 5.08. The molecular weight excluding hydrogens is 258 g/mol. The van der Waals surface area contributed by atoms with E-state index in [2.05, 4.69) is 43.6 Å². The summed E-state index contributed by atoms with van der Waals surface area (Å²) in [5.74, 6) is 0.0355. The molecule has 0 fully saturated rings. The van der Waals surface area contributed by atoms with Crippen molar-refractivity contribution in [2.45, 2.75) is 47.5 Å². The summed E-state index contributed by atoms with van der Waals surface area (Å²) < 4.78 is 0. The van der Waals surface area contributed by atoms with E-state index in [9.17, 15) is 4.79 Å². The highest BCUT2D eigenvalue weighted by molar-refractivity contribution is 7.80. The maximum atomic E-state index is 11.0. The van der Waals surface area contributed by atoms with Crippen LogP contribution in [0.1, 0.15) is 47.5 Å². The largest absolute Gasteiger partial charge is 0.366 e. The molecule has 112 valence electrons. The molecular formula is C14H29N3OS. The number of hydrogen-bond donors (Lipinski definition) is 3. The van der Waals surface area contributed by atoms with Crippen molar-refractivity contribution in [3.8, 4) is 0 Å². The maximum absolute atomic E-state index is 11.0. The third-order valence-electron chi connectivity index (χ3n) is 3.25.